The van der Waals surface area contributed by atoms with Gasteiger partial charge >= 0.3 is 6.09 Å². The molecule has 0 unspecified atom stereocenters. The summed E-state index contributed by atoms with van der Waals surface area (Å²) in [5.41, 5.74) is 5.13. The second-order valence-electron chi connectivity index (χ2n) is 3.85. The fraction of sp³-hybridized carbons (Fsp3) is 0.462. The summed E-state index contributed by atoms with van der Waals surface area (Å²) >= 11 is 12.1. The predicted octanol–water partition coefficient (Wildman–Crippen LogP) is 4.74. The van der Waals surface area contributed by atoms with Gasteiger partial charge in [-0.3, -0.25) is 0 Å². The maximum Gasteiger partial charge on any atom is 0.402 e. The third-order valence-corrected chi connectivity index (χ3v) is 3.05. The van der Waals surface area contributed by atoms with E-state index in [1.807, 2.05) is 18.2 Å². The molecule has 1 aromatic rings. The summed E-state index contributed by atoms with van der Waals surface area (Å²) in [5.74, 6) is 0. The van der Waals surface area contributed by atoms with Gasteiger partial charge in [0.1, 0.15) is 0 Å². The number of primary amides is 1. The van der Waals surface area contributed by atoms with E-state index in [0.717, 1.165) is 22.0 Å². The van der Waals surface area contributed by atoms with Crippen LogP contribution in [0.3, 0.4) is 0 Å². The number of benzene rings is 1. The van der Waals surface area contributed by atoms with Crippen molar-refractivity contribution in [3.63, 3.8) is 0 Å². The quantitative estimate of drug-likeness (QED) is 0.770. The van der Waals surface area contributed by atoms with Gasteiger partial charge in [-0.1, -0.05) is 55.5 Å². The lowest BCUT2D eigenvalue weighted by Crippen LogP contribution is -2.03. The molecule has 1 amide bonds. The van der Waals surface area contributed by atoms with E-state index in [2.05, 4.69) is 12.7 Å². The third kappa shape index (κ3) is 8.20. The summed E-state index contributed by atoms with van der Waals surface area (Å²) in [5, 5.41) is 8.79. The van der Waals surface area contributed by atoms with Crippen LogP contribution in [0.25, 0.3) is 0 Å². The molecular weight excluding hydrogens is 273 g/mol. The van der Waals surface area contributed by atoms with Gasteiger partial charge in [0.25, 0.3) is 0 Å². The molecule has 0 saturated heterocycles. The second kappa shape index (κ2) is 10.0. The Morgan fingerprint density at radius 2 is 1.72 bits per heavy atom. The van der Waals surface area contributed by atoms with Crippen molar-refractivity contribution in [1.29, 1.82) is 0 Å². The highest BCUT2D eigenvalue weighted by atomic mass is 35.5. The average Bonchev–Trinajstić information content (AvgIpc) is 2.27. The minimum Gasteiger partial charge on any atom is -0.465 e. The predicted molar refractivity (Wildman–Crippen MR) is 76.5 cm³/mol. The largest absolute Gasteiger partial charge is 0.465 e. The fourth-order valence-corrected chi connectivity index (χ4v) is 2.09. The number of rotatable bonds is 5. The van der Waals surface area contributed by atoms with Gasteiger partial charge in [-0.05, 0) is 30.5 Å². The van der Waals surface area contributed by atoms with Crippen LogP contribution in [0.1, 0.15) is 38.2 Å². The molecule has 0 spiro atoms. The zero-order chi connectivity index (χ0) is 14.0. The van der Waals surface area contributed by atoms with Gasteiger partial charge in [0, 0.05) is 10.0 Å². The number of carbonyl (C=O) groups is 1. The first-order valence-corrected chi connectivity index (χ1v) is 6.65. The van der Waals surface area contributed by atoms with Crippen molar-refractivity contribution in [2.24, 2.45) is 5.73 Å². The molecule has 5 heteroatoms. The summed E-state index contributed by atoms with van der Waals surface area (Å²) in [6.45, 7) is 2.21. The second-order valence-corrected chi connectivity index (χ2v) is 4.66. The minimum absolute atomic E-state index is 0.800. The van der Waals surface area contributed by atoms with E-state index >= 15 is 0 Å². The van der Waals surface area contributed by atoms with Gasteiger partial charge < -0.3 is 10.8 Å². The topological polar surface area (TPSA) is 63.3 Å². The van der Waals surface area contributed by atoms with Gasteiger partial charge in [-0.2, -0.15) is 0 Å². The third-order valence-electron chi connectivity index (χ3n) is 2.34. The monoisotopic (exact) mass is 291 g/mol. The first kappa shape index (κ1) is 17.1. The van der Waals surface area contributed by atoms with Crippen molar-refractivity contribution >= 4 is 29.3 Å². The van der Waals surface area contributed by atoms with Crippen LogP contribution in [0.15, 0.2) is 18.2 Å². The molecule has 18 heavy (non-hydrogen) atoms. The Balaban J connectivity index is 0.000000631. The van der Waals surface area contributed by atoms with Crippen LogP contribution in [-0.4, -0.2) is 11.2 Å². The molecule has 0 aromatic heterocycles. The smallest absolute Gasteiger partial charge is 0.402 e. The lowest BCUT2D eigenvalue weighted by atomic mass is 10.1. The van der Waals surface area contributed by atoms with E-state index in [0.29, 0.717) is 0 Å². The summed E-state index contributed by atoms with van der Waals surface area (Å²) < 4.78 is 0. The van der Waals surface area contributed by atoms with E-state index < -0.39 is 6.09 Å². The molecule has 3 N–H and O–H groups in total. The normalized spacial score (nSPS) is 9.50. The summed E-state index contributed by atoms with van der Waals surface area (Å²) in [4.78, 5) is 8.78. The highest BCUT2D eigenvalue weighted by Gasteiger charge is 2.04. The first-order chi connectivity index (χ1) is 8.49. The number of hydrogen-bond donors (Lipinski definition) is 2. The Morgan fingerprint density at radius 3 is 2.17 bits per heavy atom. The molecule has 0 heterocycles. The molecule has 1 aromatic carbocycles. The molecule has 0 bridgehead atoms. The Bertz CT molecular complexity index is 346. The number of nitrogens with two attached hydrogens (primary N) is 1. The van der Waals surface area contributed by atoms with Crippen molar-refractivity contribution < 1.29 is 9.90 Å². The fourth-order valence-electron chi connectivity index (χ4n) is 1.50. The maximum atomic E-state index is 8.78. The van der Waals surface area contributed by atoms with Crippen LogP contribution in [0.2, 0.25) is 10.0 Å². The zero-order valence-electron chi connectivity index (χ0n) is 10.5. The number of amides is 1. The minimum atomic E-state index is -1.33. The Labute approximate surface area is 118 Å². The van der Waals surface area contributed by atoms with E-state index in [-0.39, 0.29) is 0 Å². The Hall–Kier alpha value is -0.930. The summed E-state index contributed by atoms with van der Waals surface area (Å²) in [6, 6.07) is 5.70. The zero-order valence-corrected chi connectivity index (χ0v) is 12.0. The van der Waals surface area contributed by atoms with Gasteiger partial charge in [-0.25, -0.2) is 4.79 Å². The average molecular weight is 292 g/mol. The lowest BCUT2D eigenvalue weighted by molar-refractivity contribution is 0.205. The summed E-state index contributed by atoms with van der Waals surface area (Å²) in [6.07, 6.45) is 4.66. The van der Waals surface area contributed by atoms with Crippen molar-refractivity contribution in [2.75, 3.05) is 0 Å². The first-order valence-electron chi connectivity index (χ1n) is 5.90. The van der Waals surface area contributed by atoms with Crippen LogP contribution in [-0.2, 0) is 6.42 Å². The molecule has 3 nitrogen and oxygen atoms in total. The van der Waals surface area contributed by atoms with Crippen LogP contribution in [0.4, 0.5) is 4.79 Å². The maximum absolute atomic E-state index is 8.78. The van der Waals surface area contributed by atoms with Crippen molar-refractivity contribution in [3.05, 3.63) is 33.8 Å². The SMILES string of the molecule is CCCCCCc1c(Cl)cccc1Cl.NC(=O)O. The number of unbranched alkanes of at least 4 members (excludes halogenated alkanes) is 3. The van der Waals surface area contributed by atoms with Crippen LogP contribution >= 0.6 is 23.2 Å². The van der Waals surface area contributed by atoms with Gasteiger partial charge in [0.15, 0.2) is 0 Å². The highest BCUT2D eigenvalue weighted by Crippen LogP contribution is 2.25. The standard InChI is InChI=1S/C12H16Cl2.CH3NO2/c1-2-3-4-5-7-10-11(13)8-6-9-12(10)14;2-1(3)4/h6,8-9H,2-5,7H2,1H3;2H2,(H,3,4). The van der Waals surface area contributed by atoms with Gasteiger partial charge in [-0.15, -0.1) is 0 Å². The molecule has 1 rings (SSSR count). The number of halogens is 2. The van der Waals surface area contributed by atoms with Crippen molar-refractivity contribution in [2.45, 2.75) is 39.0 Å². The number of hydrogen-bond acceptors (Lipinski definition) is 1. The molecule has 0 aliphatic rings. The Morgan fingerprint density at radius 1 is 1.22 bits per heavy atom. The van der Waals surface area contributed by atoms with E-state index in [4.69, 9.17) is 33.1 Å². The van der Waals surface area contributed by atoms with Crippen molar-refractivity contribution in [1.82, 2.24) is 0 Å². The molecule has 0 radical (unpaired) electrons. The Kier molecular flexibility index (Phi) is 9.52. The van der Waals surface area contributed by atoms with Crippen LogP contribution < -0.4 is 5.73 Å². The molecule has 0 saturated carbocycles. The highest BCUT2D eigenvalue weighted by molar-refractivity contribution is 6.35. The molecular formula is C13H19Cl2NO2. The molecule has 0 atom stereocenters. The lowest BCUT2D eigenvalue weighted by Gasteiger charge is -2.05. The van der Waals surface area contributed by atoms with Gasteiger partial charge in [0.05, 0.1) is 0 Å². The van der Waals surface area contributed by atoms with E-state index in [1.54, 1.807) is 0 Å². The molecule has 0 aliphatic carbocycles. The van der Waals surface area contributed by atoms with Crippen molar-refractivity contribution in [3.8, 4) is 0 Å². The summed E-state index contributed by atoms with van der Waals surface area (Å²) in [7, 11) is 0. The van der Waals surface area contributed by atoms with E-state index in [9.17, 15) is 0 Å². The van der Waals surface area contributed by atoms with E-state index in [1.165, 1.54) is 25.7 Å². The molecule has 102 valence electrons. The number of carboxylic acid groups (broad SMARTS) is 1. The van der Waals surface area contributed by atoms with Gasteiger partial charge in [0.2, 0.25) is 0 Å². The van der Waals surface area contributed by atoms with Crippen LogP contribution in [0.5, 0.6) is 0 Å². The van der Waals surface area contributed by atoms with Crippen LogP contribution in [0, 0.1) is 0 Å². The molecule has 0 fully saturated rings. The molecule has 0 aliphatic heterocycles.